The van der Waals surface area contributed by atoms with Crippen molar-refractivity contribution in [3.8, 4) is 0 Å². The summed E-state index contributed by atoms with van der Waals surface area (Å²) in [4.78, 5) is 36.0. The number of rotatable bonds is 4. The molecule has 2 N–H and O–H groups in total. The number of aliphatic carboxylic acids is 1. The molecule has 1 heterocycles. The highest BCUT2D eigenvalue weighted by Gasteiger charge is 2.42. The Morgan fingerprint density at radius 2 is 1.94 bits per heavy atom. The van der Waals surface area contributed by atoms with Gasteiger partial charge in [-0.1, -0.05) is 12.8 Å². The average Bonchev–Trinajstić information content (AvgIpc) is 2.90. The molecule has 1 saturated carbocycles. The van der Waals surface area contributed by atoms with Crippen molar-refractivity contribution < 1.29 is 19.5 Å². The van der Waals surface area contributed by atoms with Crippen molar-refractivity contribution in [1.29, 1.82) is 0 Å². The Kier molecular flexibility index (Phi) is 3.54. The fraction of sp³-hybridized carbons (Fsp3) is 0.750. The van der Waals surface area contributed by atoms with Gasteiger partial charge in [-0.2, -0.15) is 0 Å². The molecule has 0 spiro atoms. The molecule has 6 heteroatoms. The third-order valence-electron chi connectivity index (χ3n) is 3.75. The minimum Gasteiger partial charge on any atom is -0.480 e. The summed E-state index contributed by atoms with van der Waals surface area (Å²) in [6, 6.07) is 0. The van der Waals surface area contributed by atoms with E-state index in [2.05, 4.69) is 5.32 Å². The van der Waals surface area contributed by atoms with Crippen LogP contribution in [0, 0.1) is 0 Å². The Labute approximate surface area is 105 Å². The molecule has 1 aliphatic carbocycles. The summed E-state index contributed by atoms with van der Waals surface area (Å²) in [5.74, 6) is -1.36. The maximum Gasteiger partial charge on any atom is 0.329 e. The highest BCUT2D eigenvalue weighted by molar-refractivity contribution is 5.90. The number of hydrogen-bond donors (Lipinski definition) is 2. The third kappa shape index (κ3) is 2.47. The minimum absolute atomic E-state index is 0.0200. The van der Waals surface area contributed by atoms with Crippen LogP contribution in [-0.2, 0) is 14.4 Å². The molecule has 2 aliphatic rings. The Morgan fingerprint density at radius 1 is 1.28 bits per heavy atom. The van der Waals surface area contributed by atoms with Crippen molar-refractivity contribution in [3.63, 3.8) is 0 Å². The Hall–Kier alpha value is -1.59. The summed E-state index contributed by atoms with van der Waals surface area (Å²) in [7, 11) is 0. The maximum absolute atomic E-state index is 11.8. The van der Waals surface area contributed by atoms with Crippen LogP contribution in [0.4, 0.5) is 0 Å². The number of carboxylic acids is 1. The molecule has 1 aliphatic heterocycles. The SMILES string of the molecule is O=C(CN1CCCC1=O)NC1(C(=O)O)CCCC1. The molecule has 100 valence electrons. The van der Waals surface area contributed by atoms with Gasteiger partial charge in [-0.15, -0.1) is 0 Å². The van der Waals surface area contributed by atoms with E-state index >= 15 is 0 Å². The van der Waals surface area contributed by atoms with Crippen LogP contribution in [-0.4, -0.2) is 46.4 Å². The second-order valence-corrected chi connectivity index (χ2v) is 5.06. The average molecular weight is 254 g/mol. The van der Waals surface area contributed by atoms with Crippen molar-refractivity contribution >= 4 is 17.8 Å². The molecule has 0 unspecified atom stereocenters. The minimum atomic E-state index is -1.11. The molecule has 0 bridgehead atoms. The number of amides is 2. The lowest BCUT2D eigenvalue weighted by atomic mass is 9.98. The van der Waals surface area contributed by atoms with Gasteiger partial charge in [0.05, 0.1) is 6.54 Å². The van der Waals surface area contributed by atoms with Crippen molar-refractivity contribution in [1.82, 2.24) is 10.2 Å². The van der Waals surface area contributed by atoms with Crippen LogP contribution in [0.5, 0.6) is 0 Å². The Bertz CT molecular complexity index is 374. The summed E-state index contributed by atoms with van der Waals surface area (Å²) in [5, 5.41) is 11.8. The lowest BCUT2D eigenvalue weighted by molar-refractivity contribution is -0.147. The highest BCUT2D eigenvalue weighted by Crippen LogP contribution is 2.29. The predicted octanol–water partition coefficient (Wildman–Crippen LogP) is 0.122. The van der Waals surface area contributed by atoms with Gasteiger partial charge in [0, 0.05) is 13.0 Å². The van der Waals surface area contributed by atoms with Gasteiger partial charge in [0.25, 0.3) is 0 Å². The van der Waals surface area contributed by atoms with Crippen LogP contribution in [0.3, 0.4) is 0 Å². The van der Waals surface area contributed by atoms with Crippen molar-refractivity contribution in [3.05, 3.63) is 0 Å². The number of nitrogens with one attached hydrogen (secondary N) is 1. The molecule has 2 amide bonds. The topological polar surface area (TPSA) is 86.7 Å². The molecule has 6 nitrogen and oxygen atoms in total. The number of carbonyl (C=O) groups is 3. The van der Waals surface area contributed by atoms with Gasteiger partial charge in [-0.25, -0.2) is 4.79 Å². The van der Waals surface area contributed by atoms with Crippen LogP contribution < -0.4 is 5.32 Å². The van der Waals surface area contributed by atoms with E-state index in [1.54, 1.807) is 0 Å². The first-order valence-corrected chi connectivity index (χ1v) is 6.36. The second-order valence-electron chi connectivity index (χ2n) is 5.06. The molecule has 0 atom stereocenters. The number of likely N-dealkylation sites (tertiary alicyclic amines) is 1. The van der Waals surface area contributed by atoms with Gasteiger partial charge in [0.2, 0.25) is 11.8 Å². The molecular weight excluding hydrogens is 236 g/mol. The molecule has 0 aromatic heterocycles. The van der Waals surface area contributed by atoms with E-state index in [0.29, 0.717) is 25.8 Å². The normalized spacial score (nSPS) is 22.2. The summed E-state index contributed by atoms with van der Waals surface area (Å²) in [6.07, 6.45) is 3.84. The summed E-state index contributed by atoms with van der Waals surface area (Å²) >= 11 is 0. The molecule has 0 aromatic carbocycles. The van der Waals surface area contributed by atoms with E-state index in [4.69, 9.17) is 0 Å². The van der Waals surface area contributed by atoms with Crippen molar-refractivity contribution in [2.45, 2.75) is 44.1 Å². The first-order valence-electron chi connectivity index (χ1n) is 6.36. The van der Waals surface area contributed by atoms with Gasteiger partial charge in [-0.3, -0.25) is 9.59 Å². The fourth-order valence-electron chi connectivity index (χ4n) is 2.72. The van der Waals surface area contributed by atoms with E-state index in [1.807, 2.05) is 0 Å². The van der Waals surface area contributed by atoms with Gasteiger partial charge < -0.3 is 15.3 Å². The van der Waals surface area contributed by atoms with E-state index in [1.165, 1.54) is 4.90 Å². The Morgan fingerprint density at radius 3 is 2.44 bits per heavy atom. The first kappa shape index (κ1) is 12.9. The smallest absolute Gasteiger partial charge is 0.329 e. The van der Waals surface area contributed by atoms with Crippen LogP contribution in [0.25, 0.3) is 0 Å². The van der Waals surface area contributed by atoms with Gasteiger partial charge in [0.1, 0.15) is 5.54 Å². The molecule has 1 saturated heterocycles. The first-order chi connectivity index (χ1) is 8.53. The van der Waals surface area contributed by atoms with Crippen molar-refractivity contribution in [2.24, 2.45) is 0 Å². The van der Waals surface area contributed by atoms with Crippen LogP contribution in [0.1, 0.15) is 38.5 Å². The van der Waals surface area contributed by atoms with Gasteiger partial charge in [-0.05, 0) is 19.3 Å². The lowest BCUT2D eigenvalue weighted by Crippen LogP contribution is -2.54. The zero-order valence-corrected chi connectivity index (χ0v) is 10.3. The number of nitrogens with zero attached hydrogens (tertiary/aromatic N) is 1. The zero-order valence-electron chi connectivity index (χ0n) is 10.3. The molecule has 0 aromatic rings. The second kappa shape index (κ2) is 4.96. The van der Waals surface area contributed by atoms with Gasteiger partial charge in [0.15, 0.2) is 0 Å². The summed E-state index contributed by atoms with van der Waals surface area (Å²) < 4.78 is 0. The lowest BCUT2D eigenvalue weighted by Gasteiger charge is -2.26. The molecule has 2 rings (SSSR count). The monoisotopic (exact) mass is 254 g/mol. The fourth-order valence-corrected chi connectivity index (χ4v) is 2.72. The molecular formula is C12H18N2O4. The largest absolute Gasteiger partial charge is 0.480 e. The van der Waals surface area contributed by atoms with Gasteiger partial charge >= 0.3 is 5.97 Å². The number of hydrogen-bond acceptors (Lipinski definition) is 3. The van der Waals surface area contributed by atoms with Crippen molar-refractivity contribution in [2.75, 3.05) is 13.1 Å². The highest BCUT2D eigenvalue weighted by atomic mass is 16.4. The molecule has 18 heavy (non-hydrogen) atoms. The third-order valence-corrected chi connectivity index (χ3v) is 3.75. The number of carboxylic acid groups (broad SMARTS) is 1. The number of carbonyl (C=O) groups excluding carboxylic acids is 2. The molecule has 2 fully saturated rings. The molecule has 0 radical (unpaired) electrons. The Balaban J connectivity index is 1.93. The standard InChI is InChI=1S/C12H18N2O4/c15-9(8-14-7-3-4-10(14)16)13-12(11(17)18)5-1-2-6-12/h1-8H2,(H,13,15)(H,17,18). The van der Waals surface area contributed by atoms with Crippen LogP contribution in [0.15, 0.2) is 0 Å². The summed E-state index contributed by atoms with van der Waals surface area (Å²) in [6.45, 7) is 0.570. The van der Waals surface area contributed by atoms with Crippen LogP contribution >= 0.6 is 0 Å². The van der Waals surface area contributed by atoms with E-state index in [0.717, 1.165) is 19.3 Å². The zero-order chi connectivity index (χ0) is 13.2. The van der Waals surface area contributed by atoms with E-state index in [-0.39, 0.29) is 18.4 Å². The van der Waals surface area contributed by atoms with Crippen LogP contribution in [0.2, 0.25) is 0 Å². The quantitative estimate of drug-likeness (QED) is 0.746. The summed E-state index contributed by atoms with van der Waals surface area (Å²) in [5.41, 5.74) is -1.11. The predicted molar refractivity (Wildman–Crippen MR) is 62.8 cm³/mol. The van der Waals surface area contributed by atoms with E-state index in [9.17, 15) is 19.5 Å². The van der Waals surface area contributed by atoms with E-state index < -0.39 is 11.5 Å². The maximum atomic E-state index is 11.8.